The highest BCUT2D eigenvalue weighted by Gasteiger charge is 2.00. The molecule has 1 aromatic carbocycles. The Morgan fingerprint density at radius 2 is 2.38 bits per heavy atom. The van der Waals surface area contributed by atoms with E-state index in [0.717, 1.165) is 15.0 Å². The first-order valence-corrected chi connectivity index (χ1v) is 5.86. The molecule has 0 radical (unpaired) electrons. The topological polar surface area (TPSA) is 64.3 Å². The van der Waals surface area contributed by atoms with Crippen LogP contribution in [0.3, 0.4) is 0 Å². The van der Waals surface area contributed by atoms with Crippen LogP contribution in [0.15, 0.2) is 30.5 Å². The van der Waals surface area contributed by atoms with Crippen LogP contribution in [-0.2, 0) is 4.79 Å². The molecule has 0 fully saturated rings. The average Bonchev–Trinajstić information content (AvgIpc) is 2.21. The maximum atomic E-state index is 10.5. The molecule has 0 saturated carbocycles. The van der Waals surface area contributed by atoms with Crippen molar-refractivity contribution in [2.75, 3.05) is 11.9 Å². The van der Waals surface area contributed by atoms with Crippen molar-refractivity contribution >= 4 is 34.2 Å². The second-order valence-corrected chi connectivity index (χ2v) is 4.12. The van der Waals surface area contributed by atoms with Crippen molar-refractivity contribution in [3.05, 3.63) is 34.0 Å². The number of amides is 1. The molecule has 86 valence electrons. The lowest BCUT2D eigenvalue weighted by atomic mass is 10.3. The normalized spacial score (nSPS) is 10.4. The van der Waals surface area contributed by atoms with Crippen molar-refractivity contribution in [1.82, 2.24) is 0 Å². The summed E-state index contributed by atoms with van der Waals surface area (Å²) in [6.45, 7) is 2.59. The van der Waals surface area contributed by atoms with Crippen LogP contribution in [0, 0.1) is 3.57 Å². The summed E-state index contributed by atoms with van der Waals surface area (Å²) in [7, 11) is 0. The summed E-state index contributed by atoms with van der Waals surface area (Å²) in [4.78, 5) is 10.5. The van der Waals surface area contributed by atoms with Gasteiger partial charge in [-0.05, 0) is 47.7 Å². The van der Waals surface area contributed by atoms with Crippen LogP contribution in [0.5, 0.6) is 5.75 Å². The van der Waals surface area contributed by atoms with Gasteiger partial charge in [0.05, 0.1) is 10.2 Å². The number of carbonyl (C=O) groups is 1. The Kier molecular flexibility index (Phi) is 5.10. The Labute approximate surface area is 108 Å². The van der Waals surface area contributed by atoms with Gasteiger partial charge in [0.15, 0.2) is 0 Å². The molecule has 5 heteroatoms. The number of hydrogen-bond acceptors (Lipinski definition) is 3. The minimum Gasteiger partial charge on any atom is -0.493 e. The third kappa shape index (κ3) is 4.09. The van der Waals surface area contributed by atoms with Crippen molar-refractivity contribution in [3.63, 3.8) is 0 Å². The quantitative estimate of drug-likeness (QED) is 0.641. The van der Waals surface area contributed by atoms with Gasteiger partial charge in [0.2, 0.25) is 5.91 Å². The fourth-order valence-electron chi connectivity index (χ4n) is 1.08. The van der Waals surface area contributed by atoms with Crippen molar-refractivity contribution in [2.45, 2.75) is 6.92 Å². The average molecular weight is 332 g/mol. The number of benzene rings is 1. The lowest BCUT2D eigenvalue weighted by Gasteiger charge is -2.07. The number of primary amides is 1. The summed E-state index contributed by atoms with van der Waals surface area (Å²) >= 11 is 2.19. The Morgan fingerprint density at radius 3 is 2.94 bits per heavy atom. The number of ether oxygens (including phenoxy) is 1. The Bertz CT molecular complexity index is 405. The highest BCUT2D eigenvalue weighted by molar-refractivity contribution is 14.1. The summed E-state index contributed by atoms with van der Waals surface area (Å²) in [5, 5.41) is 2.94. The molecule has 0 aromatic heterocycles. The van der Waals surface area contributed by atoms with Crippen LogP contribution >= 0.6 is 22.6 Å². The Hall–Kier alpha value is -1.24. The van der Waals surface area contributed by atoms with Crippen molar-refractivity contribution in [1.29, 1.82) is 0 Å². The second kappa shape index (κ2) is 6.37. The lowest BCUT2D eigenvalue weighted by molar-refractivity contribution is -0.113. The zero-order chi connectivity index (χ0) is 12.0. The van der Waals surface area contributed by atoms with E-state index in [1.165, 1.54) is 12.3 Å². The van der Waals surface area contributed by atoms with Gasteiger partial charge in [-0.2, -0.15) is 0 Å². The van der Waals surface area contributed by atoms with E-state index in [1.807, 2.05) is 25.1 Å². The number of nitrogens with one attached hydrogen (secondary N) is 1. The minimum atomic E-state index is -0.479. The Balaban J connectivity index is 2.69. The first-order valence-electron chi connectivity index (χ1n) is 4.78. The maximum absolute atomic E-state index is 10.5. The number of halogens is 1. The van der Waals surface area contributed by atoms with E-state index in [2.05, 4.69) is 27.9 Å². The summed E-state index contributed by atoms with van der Waals surface area (Å²) in [6.07, 6.45) is 2.78. The third-order valence-corrected chi connectivity index (χ3v) is 2.57. The molecule has 0 aliphatic carbocycles. The summed E-state index contributed by atoms with van der Waals surface area (Å²) in [5.74, 6) is 0.376. The number of rotatable bonds is 5. The van der Waals surface area contributed by atoms with Crippen molar-refractivity contribution in [2.24, 2.45) is 5.73 Å². The van der Waals surface area contributed by atoms with Crippen LogP contribution in [-0.4, -0.2) is 12.5 Å². The third-order valence-electron chi connectivity index (χ3n) is 1.73. The fraction of sp³-hybridized carbons (Fsp3) is 0.182. The molecule has 0 saturated heterocycles. The number of carbonyl (C=O) groups excluding carboxylic acids is 1. The standard InChI is InChI=1S/C11H13IN2O2/c1-2-16-10-4-3-8(7-9(10)12)14-6-5-11(13)15/h3-7,14H,2H2,1H3,(H2,13,15). The zero-order valence-corrected chi connectivity index (χ0v) is 11.0. The van der Waals surface area contributed by atoms with E-state index < -0.39 is 5.91 Å². The second-order valence-electron chi connectivity index (χ2n) is 2.96. The van der Waals surface area contributed by atoms with E-state index in [-0.39, 0.29) is 0 Å². The maximum Gasteiger partial charge on any atom is 0.242 e. The van der Waals surface area contributed by atoms with Crippen molar-refractivity contribution in [3.8, 4) is 5.75 Å². The molecule has 0 atom stereocenters. The highest BCUT2D eigenvalue weighted by Crippen LogP contribution is 2.24. The van der Waals surface area contributed by atoms with Gasteiger partial charge in [-0.3, -0.25) is 4.79 Å². The van der Waals surface area contributed by atoms with Crippen molar-refractivity contribution < 1.29 is 9.53 Å². The molecule has 3 N–H and O–H groups in total. The molecule has 0 bridgehead atoms. The fourth-order valence-corrected chi connectivity index (χ4v) is 1.75. The monoisotopic (exact) mass is 332 g/mol. The van der Waals surface area contributed by atoms with Gasteiger partial charge < -0.3 is 15.8 Å². The highest BCUT2D eigenvalue weighted by atomic mass is 127. The number of hydrogen-bond donors (Lipinski definition) is 2. The van der Waals surface area contributed by atoms with E-state index >= 15 is 0 Å². The van der Waals surface area contributed by atoms with Gasteiger partial charge in [0.25, 0.3) is 0 Å². The molecule has 16 heavy (non-hydrogen) atoms. The van der Waals surface area contributed by atoms with Crippen LogP contribution in [0.1, 0.15) is 6.92 Å². The molecule has 1 amide bonds. The molecule has 1 rings (SSSR count). The molecule has 0 aliphatic rings. The smallest absolute Gasteiger partial charge is 0.242 e. The van der Waals surface area contributed by atoms with Gasteiger partial charge in [-0.25, -0.2) is 0 Å². The first-order chi connectivity index (χ1) is 7.63. The molecular formula is C11H13IN2O2. The number of nitrogens with two attached hydrogens (primary N) is 1. The van der Waals surface area contributed by atoms with Gasteiger partial charge in [0, 0.05) is 18.0 Å². The number of anilines is 1. The SMILES string of the molecule is CCOc1ccc(NC=CC(N)=O)cc1I. The lowest BCUT2D eigenvalue weighted by Crippen LogP contribution is -2.06. The van der Waals surface area contributed by atoms with Gasteiger partial charge in [-0.15, -0.1) is 0 Å². The minimum absolute atomic E-state index is 0.479. The van der Waals surface area contributed by atoms with E-state index in [1.54, 1.807) is 0 Å². The van der Waals surface area contributed by atoms with Crippen LogP contribution in [0.2, 0.25) is 0 Å². The first kappa shape index (κ1) is 12.8. The molecule has 0 unspecified atom stereocenters. The van der Waals surface area contributed by atoms with Gasteiger partial charge in [-0.1, -0.05) is 0 Å². The summed E-state index contributed by atoms with van der Waals surface area (Å²) in [5.41, 5.74) is 5.84. The largest absolute Gasteiger partial charge is 0.493 e. The molecule has 1 aromatic rings. The molecular weight excluding hydrogens is 319 g/mol. The van der Waals surface area contributed by atoms with E-state index in [4.69, 9.17) is 10.5 Å². The van der Waals surface area contributed by atoms with Gasteiger partial charge in [0.1, 0.15) is 5.75 Å². The molecule has 0 aliphatic heterocycles. The van der Waals surface area contributed by atoms with E-state index in [9.17, 15) is 4.79 Å². The Morgan fingerprint density at radius 1 is 1.62 bits per heavy atom. The summed E-state index contributed by atoms with van der Waals surface area (Å²) in [6, 6.07) is 5.68. The zero-order valence-electron chi connectivity index (χ0n) is 8.87. The molecule has 4 nitrogen and oxygen atoms in total. The predicted molar refractivity (Wildman–Crippen MR) is 72.3 cm³/mol. The van der Waals surface area contributed by atoms with Crippen LogP contribution in [0.25, 0.3) is 0 Å². The molecule has 0 heterocycles. The predicted octanol–water partition coefficient (Wildman–Crippen LogP) is 2.10. The van der Waals surface area contributed by atoms with Crippen LogP contribution in [0.4, 0.5) is 5.69 Å². The van der Waals surface area contributed by atoms with E-state index in [0.29, 0.717) is 6.61 Å². The summed E-state index contributed by atoms with van der Waals surface area (Å²) < 4.78 is 6.42. The van der Waals surface area contributed by atoms with Gasteiger partial charge >= 0.3 is 0 Å². The van der Waals surface area contributed by atoms with Crippen LogP contribution < -0.4 is 15.8 Å². The molecule has 0 spiro atoms.